The van der Waals surface area contributed by atoms with Crippen molar-refractivity contribution in [1.29, 1.82) is 0 Å². The Kier molecular flexibility index (Phi) is 3.23. The Morgan fingerprint density at radius 1 is 1.50 bits per heavy atom. The fourth-order valence-corrected chi connectivity index (χ4v) is 2.12. The van der Waals surface area contributed by atoms with E-state index in [2.05, 4.69) is 11.9 Å². The smallest absolute Gasteiger partial charge is 0.0900 e. The van der Waals surface area contributed by atoms with E-state index in [4.69, 9.17) is 5.73 Å². The average Bonchev–Trinajstić information content (AvgIpc) is 2.26. The maximum Gasteiger partial charge on any atom is 0.0900 e. The van der Waals surface area contributed by atoms with Gasteiger partial charge in [0, 0.05) is 10.9 Å². The summed E-state index contributed by atoms with van der Waals surface area (Å²) in [5.74, 6) is 0. The number of thiazole rings is 1. The second-order valence-corrected chi connectivity index (χ2v) is 4.55. The highest BCUT2D eigenvalue weighted by molar-refractivity contribution is 7.11. The van der Waals surface area contributed by atoms with Crippen molar-refractivity contribution in [2.24, 2.45) is 5.73 Å². The van der Waals surface area contributed by atoms with Crippen molar-refractivity contribution in [3.05, 3.63) is 15.6 Å². The topological polar surface area (TPSA) is 38.9 Å². The molecule has 0 aliphatic carbocycles. The molecular formula is C9H16N2S. The molecule has 0 saturated heterocycles. The van der Waals surface area contributed by atoms with E-state index < -0.39 is 0 Å². The van der Waals surface area contributed by atoms with E-state index in [9.17, 15) is 0 Å². The van der Waals surface area contributed by atoms with Crippen LogP contribution in [0.1, 0.15) is 28.9 Å². The van der Waals surface area contributed by atoms with Gasteiger partial charge in [0.1, 0.15) is 0 Å². The molecule has 0 fully saturated rings. The summed E-state index contributed by atoms with van der Waals surface area (Å²) in [5.41, 5.74) is 6.86. The minimum Gasteiger partial charge on any atom is -0.328 e. The number of rotatable bonds is 3. The predicted molar refractivity (Wildman–Crippen MR) is 53.6 cm³/mol. The number of nitrogens with two attached hydrogens (primary N) is 1. The van der Waals surface area contributed by atoms with Crippen LogP contribution in [0.3, 0.4) is 0 Å². The third-order valence-electron chi connectivity index (χ3n) is 1.83. The number of hydrogen-bond acceptors (Lipinski definition) is 3. The van der Waals surface area contributed by atoms with E-state index >= 15 is 0 Å². The van der Waals surface area contributed by atoms with Crippen LogP contribution in [-0.2, 0) is 6.42 Å². The van der Waals surface area contributed by atoms with Gasteiger partial charge in [0.2, 0.25) is 0 Å². The van der Waals surface area contributed by atoms with E-state index in [1.165, 1.54) is 10.6 Å². The van der Waals surface area contributed by atoms with Crippen molar-refractivity contribution in [2.75, 3.05) is 0 Å². The van der Waals surface area contributed by atoms with E-state index in [0.717, 1.165) is 17.8 Å². The Morgan fingerprint density at radius 2 is 2.17 bits per heavy atom. The molecule has 0 saturated carbocycles. The molecule has 2 N–H and O–H groups in total. The molecule has 2 nitrogen and oxygen atoms in total. The zero-order valence-corrected chi connectivity index (χ0v) is 8.74. The molecule has 1 unspecified atom stereocenters. The van der Waals surface area contributed by atoms with Crippen LogP contribution in [0.5, 0.6) is 0 Å². The van der Waals surface area contributed by atoms with Crippen molar-refractivity contribution >= 4 is 11.3 Å². The lowest BCUT2D eigenvalue weighted by Gasteiger charge is -2.02. The largest absolute Gasteiger partial charge is 0.328 e. The van der Waals surface area contributed by atoms with E-state index in [-0.39, 0.29) is 0 Å². The highest BCUT2D eigenvalue weighted by Gasteiger charge is 2.04. The second kappa shape index (κ2) is 4.01. The summed E-state index contributed by atoms with van der Waals surface area (Å²) in [6.45, 7) is 6.16. The predicted octanol–water partition coefficient (Wildman–Crippen LogP) is 2.04. The summed E-state index contributed by atoms with van der Waals surface area (Å²) in [7, 11) is 0. The lowest BCUT2D eigenvalue weighted by Crippen LogP contribution is -2.15. The molecule has 12 heavy (non-hydrogen) atoms. The number of aromatic nitrogens is 1. The minimum atomic E-state index is 0.298. The Hall–Kier alpha value is -0.410. The molecule has 0 aliphatic rings. The fraction of sp³-hybridized carbons (Fsp3) is 0.667. The molecule has 1 aromatic rings. The maximum absolute atomic E-state index is 5.68. The zero-order valence-electron chi connectivity index (χ0n) is 7.92. The summed E-state index contributed by atoms with van der Waals surface area (Å²) in [5, 5.41) is 1.16. The van der Waals surface area contributed by atoms with Crippen molar-refractivity contribution in [1.82, 2.24) is 4.98 Å². The van der Waals surface area contributed by atoms with Crippen LogP contribution in [0.25, 0.3) is 0 Å². The van der Waals surface area contributed by atoms with Crippen molar-refractivity contribution in [3.63, 3.8) is 0 Å². The summed E-state index contributed by atoms with van der Waals surface area (Å²) < 4.78 is 0. The molecule has 1 heterocycles. The van der Waals surface area contributed by atoms with Crippen molar-refractivity contribution in [3.8, 4) is 0 Å². The Balaban J connectivity index is 2.57. The standard InChI is InChI=1S/C9H16N2S/c1-6(10)4-5-9-7(2)11-8(3)12-9/h6H,4-5,10H2,1-3H3. The first-order chi connectivity index (χ1) is 5.59. The van der Waals surface area contributed by atoms with Gasteiger partial charge in [-0.05, 0) is 33.6 Å². The third-order valence-corrected chi connectivity index (χ3v) is 2.96. The van der Waals surface area contributed by atoms with Gasteiger partial charge in [0.15, 0.2) is 0 Å². The first-order valence-electron chi connectivity index (χ1n) is 4.28. The van der Waals surface area contributed by atoms with Gasteiger partial charge in [-0.2, -0.15) is 0 Å². The Labute approximate surface area is 77.8 Å². The molecule has 0 aromatic carbocycles. The molecule has 68 valence electrons. The van der Waals surface area contributed by atoms with Gasteiger partial charge in [-0.25, -0.2) is 4.98 Å². The normalized spacial score (nSPS) is 13.3. The number of nitrogens with zero attached hydrogens (tertiary/aromatic N) is 1. The van der Waals surface area contributed by atoms with Crippen LogP contribution in [-0.4, -0.2) is 11.0 Å². The molecular weight excluding hydrogens is 168 g/mol. The Bertz CT molecular complexity index is 253. The molecule has 3 heteroatoms. The van der Waals surface area contributed by atoms with Crippen LogP contribution in [0.4, 0.5) is 0 Å². The van der Waals surface area contributed by atoms with Gasteiger partial charge in [-0.1, -0.05) is 0 Å². The average molecular weight is 184 g/mol. The lowest BCUT2D eigenvalue weighted by molar-refractivity contribution is 0.668. The molecule has 1 aromatic heterocycles. The Morgan fingerprint density at radius 3 is 2.58 bits per heavy atom. The summed E-state index contributed by atoms with van der Waals surface area (Å²) in [6, 6.07) is 0.298. The van der Waals surface area contributed by atoms with Crippen LogP contribution in [0.2, 0.25) is 0 Å². The molecule has 0 radical (unpaired) electrons. The molecule has 1 rings (SSSR count). The summed E-state index contributed by atoms with van der Waals surface area (Å²) >= 11 is 1.79. The quantitative estimate of drug-likeness (QED) is 0.780. The van der Waals surface area contributed by atoms with Gasteiger partial charge >= 0.3 is 0 Å². The SMILES string of the molecule is Cc1nc(C)c(CCC(C)N)s1. The molecule has 0 aliphatic heterocycles. The second-order valence-electron chi connectivity index (χ2n) is 3.26. The van der Waals surface area contributed by atoms with Gasteiger partial charge in [-0.3, -0.25) is 0 Å². The molecule has 0 amide bonds. The lowest BCUT2D eigenvalue weighted by atomic mass is 10.1. The summed E-state index contributed by atoms with van der Waals surface area (Å²) in [6.07, 6.45) is 2.14. The van der Waals surface area contributed by atoms with E-state index in [0.29, 0.717) is 6.04 Å². The van der Waals surface area contributed by atoms with Crippen LogP contribution in [0, 0.1) is 13.8 Å². The molecule has 0 spiro atoms. The van der Waals surface area contributed by atoms with Crippen LogP contribution >= 0.6 is 11.3 Å². The first-order valence-corrected chi connectivity index (χ1v) is 5.09. The zero-order chi connectivity index (χ0) is 9.14. The third kappa shape index (κ3) is 2.57. The van der Waals surface area contributed by atoms with Gasteiger partial charge < -0.3 is 5.73 Å². The highest BCUT2D eigenvalue weighted by atomic mass is 32.1. The fourth-order valence-electron chi connectivity index (χ4n) is 1.16. The molecule has 0 bridgehead atoms. The minimum absolute atomic E-state index is 0.298. The van der Waals surface area contributed by atoms with Gasteiger partial charge in [0.25, 0.3) is 0 Å². The van der Waals surface area contributed by atoms with Gasteiger partial charge in [-0.15, -0.1) is 11.3 Å². The maximum atomic E-state index is 5.68. The van der Waals surface area contributed by atoms with Crippen LogP contribution < -0.4 is 5.73 Å². The first kappa shape index (κ1) is 9.68. The van der Waals surface area contributed by atoms with Gasteiger partial charge in [0.05, 0.1) is 10.7 Å². The number of hydrogen-bond donors (Lipinski definition) is 1. The van der Waals surface area contributed by atoms with Crippen molar-refractivity contribution < 1.29 is 0 Å². The monoisotopic (exact) mass is 184 g/mol. The van der Waals surface area contributed by atoms with Crippen LogP contribution in [0.15, 0.2) is 0 Å². The van der Waals surface area contributed by atoms with Crippen molar-refractivity contribution in [2.45, 2.75) is 39.7 Å². The molecule has 1 atom stereocenters. The number of aryl methyl sites for hydroxylation is 3. The van der Waals surface area contributed by atoms with E-state index in [1.54, 1.807) is 11.3 Å². The summed E-state index contributed by atoms with van der Waals surface area (Å²) in [4.78, 5) is 5.76. The highest BCUT2D eigenvalue weighted by Crippen LogP contribution is 2.18. The van der Waals surface area contributed by atoms with E-state index in [1.807, 2.05) is 13.8 Å².